The Balaban J connectivity index is 2.19. The average Bonchev–Trinajstić information content (AvgIpc) is 2.87. The van der Waals surface area contributed by atoms with Crippen molar-refractivity contribution >= 4 is 29.1 Å². The van der Waals surface area contributed by atoms with E-state index in [9.17, 15) is 24.2 Å². The second-order valence-electron chi connectivity index (χ2n) is 5.78. The molecule has 0 spiro atoms. The molecule has 0 saturated carbocycles. The van der Waals surface area contributed by atoms with Crippen molar-refractivity contribution in [1.82, 2.24) is 4.90 Å². The van der Waals surface area contributed by atoms with Crippen molar-refractivity contribution in [3.63, 3.8) is 0 Å². The maximum Gasteiger partial charge on any atom is 0.295 e. The maximum absolute atomic E-state index is 13.7. The fraction of sp³-hybridized carbons (Fsp3) is 0.158. The zero-order chi connectivity index (χ0) is 18.8. The minimum absolute atomic E-state index is 0.122. The van der Waals surface area contributed by atoms with E-state index in [0.29, 0.717) is 16.1 Å². The first-order chi connectivity index (χ1) is 12.4. The molecule has 26 heavy (non-hydrogen) atoms. The summed E-state index contributed by atoms with van der Waals surface area (Å²) in [6.45, 7) is -0.497. The Morgan fingerprint density at radius 3 is 2.46 bits per heavy atom. The summed E-state index contributed by atoms with van der Waals surface area (Å²) in [6, 6.07) is 10.5. The van der Waals surface area contributed by atoms with Crippen molar-refractivity contribution in [2.24, 2.45) is 0 Å². The van der Waals surface area contributed by atoms with E-state index in [4.69, 9.17) is 11.6 Å². The molecular formula is C19H15ClFNO4. The average molecular weight is 376 g/mol. The molecule has 1 heterocycles. The lowest BCUT2D eigenvalue weighted by molar-refractivity contribution is -0.140. The molecule has 1 unspecified atom stereocenters. The van der Waals surface area contributed by atoms with Crippen LogP contribution < -0.4 is 0 Å². The monoisotopic (exact) mass is 375 g/mol. The lowest BCUT2D eigenvalue weighted by Gasteiger charge is -2.24. The van der Waals surface area contributed by atoms with Crippen LogP contribution in [-0.4, -0.2) is 40.0 Å². The van der Waals surface area contributed by atoms with E-state index in [1.54, 1.807) is 6.07 Å². The molecule has 3 rings (SSSR count). The second-order valence-corrected chi connectivity index (χ2v) is 6.21. The van der Waals surface area contributed by atoms with Crippen molar-refractivity contribution in [2.45, 2.75) is 6.04 Å². The van der Waals surface area contributed by atoms with E-state index < -0.39 is 23.5 Å². The number of likely N-dealkylation sites (tertiary alicyclic amines) is 1. The molecule has 0 bridgehead atoms. The van der Waals surface area contributed by atoms with Crippen LogP contribution in [0.1, 0.15) is 17.2 Å². The summed E-state index contributed by atoms with van der Waals surface area (Å²) in [4.78, 5) is 26.0. The normalized spacial score (nSPS) is 19.2. The van der Waals surface area contributed by atoms with E-state index in [0.717, 1.165) is 4.90 Å². The lowest BCUT2D eigenvalue weighted by Crippen LogP contribution is -2.32. The molecule has 2 N–H and O–H groups in total. The van der Waals surface area contributed by atoms with Crippen LogP contribution in [-0.2, 0) is 9.59 Å². The number of hydrogen-bond acceptors (Lipinski definition) is 4. The smallest absolute Gasteiger partial charge is 0.295 e. The first-order valence-corrected chi connectivity index (χ1v) is 8.22. The highest BCUT2D eigenvalue weighted by molar-refractivity contribution is 6.46. The van der Waals surface area contributed by atoms with Gasteiger partial charge in [-0.3, -0.25) is 9.59 Å². The quantitative estimate of drug-likeness (QED) is 0.489. The number of hydrogen-bond donors (Lipinski definition) is 2. The summed E-state index contributed by atoms with van der Waals surface area (Å²) in [5, 5.41) is 20.4. The Morgan fingerprint density at radius 2 is 1.85 bits per heavy atom. The number of benzene rings is 2. The van der Waals surface area contributed by atoms with Gasteiger partial charge in [0.05, 0.1) is 18.2 Å². The number of halogens is 2. The van der Waals surface area contributed by atoms with Crippen LogP contribution in [0.15, 0.2) is 54.1 Å². The molecule has 2 aromatic rings. The van der Waals surface area contributed by atoms with Gasteiger partial charge in [-0.15, -0.1) is 0 Å². The molecule has 1 saturated heterocycles. The molecular weight excluding hydrogens is 361 g/mol. The van der Waals surface area contributed by atoms with E-state index in [-0.39, 0.29) is 24.5 Å². The second kappa shape index (κ2) is 7.27. The van der Waals surface area contributed by atoms with Gasteiger partial charge in [-0.25, -0.2) is 4.39 Å². The van der Waals surface area contributed by atoms with Crippen LogP contribution >= 0.6 is 11.6 Å². The third kappa shape index (κ3) is 3.21. The highest BCUT2D eigenvalue weighted by Crippen LogP contribution is 2.39. The SMILES string of the molecule is O=C1C(=O)N(CCO)C(c2cccc(F)c2)/C1=C(/O)c1ccc(Cl)cc1. The van der Waals surface area contributed by atoms with Gasteiger partial charge in [0, 0.05) is 17.1 Å². The molecule has 1 aliphatic heterocycles. The van der Waals surface area contributed by atoms with Crippen molar-refractivity contribution in [3.8, 4) is 0 Å². The van der Waals surface area contributed by atoms with Crippen LogP contribution in [0.25, 0.3) is 5.76 Å². The number of aliphatic hydroxyl groups is 2. The van der Waals surface area contributed by atoms with Gasteiger partial charge in [0.15, 0.2) is 0 Å². The molecule has 1 amide bonds. The lowest BCUT2D eigenvalue weighted by atomic mass is 9.95. The topological polar surface area (TPSA) is 77.8 Å². The van der Waals surface area contributed by atoms with E-state index >= 15 is 0 Å². The van der Waals surface area contributed by atoms with Gasteiger partial charge >= 0.3 is 0 Å². The standard InChI is InChI=1S/C19H15ClFNO4/c20-13-6-4-11(5-7-13)17(24)15-16(12-2-1-3-14(21)10-12)22(8-9-23)19(26)18(15)25/h1-7,10,16,23-24H,8-9H2/b17-15-. The van der Waals surface area contributed by atoms with Crippen molar-refractivity contribution < 1.29 is 24.2 Å². The highest BCUT2D eigenvalue weighted by Gasteiger charge is 2.45. The largest absolute Gasteiger partial charge is 0.507 e. The number of Topliss-reactive ketones (excluding diaryl/α,β-unsaturated/α-hetero) is 1. The van der Waals surface area contributed by atoms with Gasteiger partial charge in [-0.1, -0.05) is 23.7 Å². The zero-order valence-electron chi connectivity index (χ0n) is 13.5. The number of nitrogens with zero attached hydrogens (tertiary/aromatic N) is 1. The predicted molar refractivity (Wildman–Crippen MR) is 93.9 cm³/mol. The molecule has 0 radical (unpaired) electrons. The summed E-state index contributed by atoms with van der Waals surface area (Å²) in [6.07, 6.45) is 0. The number of β-amino-alcohol motifs (C(OH)–C–C–N with tert-alkyl or cyclic N) is 1. The molecule has 0 aromatic heterocycles. The van der Waals surface area contributed by atoms with Crippen molar-refractivity contribution in [3.05, 3.63) is 76.1 Å². The minimum Gasteiger partial charge on any atom is -0.507 e. The minimum atomic E-state index is -0.992. The number of rotatable bonds is 4. The third-order valence-electron chi connectivity index (χ3n) is 4.16. The fourth-order valence-electron chi connectivity index (χ4n) is 3.00. The van der Waals surface area contributed by atoms with E-state index in [1.165, 1.54) is 42.5 Å². The first-order valence-electron chi connectivity index (χ1n) is 7.84. The molecule has 7 heteroatoms. The fourth-order valence-corrected chi connectivity index (χ4v) is 3.13. The summed E-state index contributed by atoms with van der Waals surface area (Å²) < 4.78 is 13.7. The van der Waals surface area contributed by atoms with Crippen LogP contribution in [0, 0.1) is 5.82 Å². The van der Waals surface area contributed by atoms with E-state index in [2.05, 4.69) is 0 Å². The molecule has 1 aliphatic rings. The molecule has 0 aliphatic carbocycles. The van der Waals surface area contributed by atoms with Gasteiger partial charge in [0.2, 0.25) is 0 Å². The molecule has 134 valence electrons. The van der Waals surface area contributed by atoms with Crippen molar-refractivity contribution in [1.29, 1.82) is 0 Å². The van der Waals surface area contributed by atoms with Gasteiger partial charge < -0.3 is 15.1 Å². The van der Waals surface area contributed by atoms with E-state index in [1.807, 2.05) is 0 Å². The van der Waals surface area contributed by atoms with Gasteiger partial charge in [-0.05, 0) is 42.0 Å². The predicted octanol–water partition coefficient (Wildman–Crippen LogP) is 2.89. The Hall–Kier alpha value is -2.70. The number of amides is 1. The first kappa shape index (κ1) is 18.1. The number of ketones is 1. The van der Waals surface area contributed by atoms with Gasteiger partial charge in [-0.2, -0.15) is 0 Å². The Morgan fingerprint density at radius 1 is 1.15 bits per heavy atom. The van der Waals surface area contributed by atoms with Gasteiger partial charge in [0.25, 0.3) is 11.7 Å². The number of aliphatic hydroxyl groups excluding tert-OH is 2. The van der Waals surface area contributed by atoms with Crippen molar-refractivity contribution in [2.75, 3.05) is 13.2 Å². The van der Waals surface area contributed by atoms with Crippen LogP contribution in [0.3, 0.4) is 0 Å². The summed E-state index contributed by atoms with van der Waals surface area (Å²) >= 11 is 5.84. The number of carbonyl (C=O) groups excluding carboxylic acids is 2. The molecule has 1 atom stereocenters. The number of carbonyl (C=O) groups is 2. The summed E-state index contributed by atoms with van der Waals surface area (Å²) in [5.74, 6) is -2.66. The Bertz CT molecular complexity index is 895. The highest BCUT2D eigenvalue weighted by atomic mass is 35.5. The Kier molecular flexibility index (Phi) is 5.06. The van der Waals surface area contributed by atoms with Gasteiger partial charge in [0.1, 0.15) is 11.6 Å². The van der Waals surface area contributed by atoms with Crippen LogP contribution in [0.2, 0.25) is 5.02 Å². The summed E-state index contributed by atoms with van der Waals surface area (Å²) in [5.41, 5.74) is 0.474. The molecule has 1 fully saturated rings. The van der Waals surface area contributed by atoms with Crippen LogP contribution in [0.5, 0.6) is 0 Å². The Labute approximate surface area is 153 Å². The maximum atomic E-state index is 13.7. The third-order valence-corrected chi connectivity index (χ3v) is 4.41. The van der Waals surface area contributed by atoms with Crippen LogP contribution in [0.4, 0.5) is 4.39 Å². The molecule has 5 nitrogen and oxygen atoms in total. The summed E-state index contributed by atoms with van der Waals surface area (Å²) in [7, 11) is 0. The molecule has 2 aromatic carbocycles. The zero-order valence-corrected chi connectivity index (χ0v) is 14.3.